The Bertz CT molecular complexity index is 778. The van der Waals surface area contributed by atoms with Crippen molar-refractivity contribution in [3.05, 3.63) is 47.5 Å². The Morgan fingerprint density at radius 3 is 2.58 bits per heavy atom. The van der Waals surface area contributed by atoms with Crippen molar-refractivity contribution in [2.24, 2.45) is 5.92 Å². The average molecular weight is 324 g/mol. The number of aryl methyl sites for hydroxylation is 1. The lowest BCUT2D eigenvalue weighted by Crippen LogP contribution is -2.18. The topological polar surface area (TPSA) is 68.0 Å². The molecule has 1 N–H and O–H groups in total. The number of rotatable bonds is 7. The van der Waals surface area contributed by atoms with Crippen molar-refractivity contribution in [2.45, 2.75) is 46.1 Å². The van der Waals surface area contributed by atoms with Crippen molar-refractivity contribution < 1.29 is 0 Å². The molecule has 6 nitrogen and oxygen atoms in total. The van der Waals surface area contributed by atoms with Crippen molar-refractivity contribution >= 4 is 11.5 Å². The monoisotopic (exact) mass is 324 g/mol. The van der Waals surface area contributed by atoms with Gasteiger partial charge in [0.2, 0.25) is 0 Å². The fourth-order valence-corrected chi connectivity index (χ4v) is 2.79. The summed E-state index contributed by atoms with van der Waals surface area (Å²) in [5, 5.41) is 19.3. The third-order valence-electron chi connectivity index (χ3n) is 4.20. The largest absolute Gasteiger partial charge is 0.362 e. The maximum absolute atomic E-state index is 4.41. The van der Waals surface area contributed by atoms with E-state index < -0.39 is 0 Å². The van der Waals surface area contributed by atoms with Gasteiger partial charge in [0.1, 0.15) is 5.82 Å². The number of nitrogens with zero attached hydrogens (tertiary/aromatic N) is 5. The first-order valence-electron chi connectivity index (χ1n) is 8.58. The van der Waals surface area contributed by atoms with Crippen LogP contribution in [0.2, 0.25) is 0 Å². The van der Waals surface area contributed by atoms with Crippen LogP contribution in [0.15, 0.2) is 36.4 Å². The summed E-state index contributed by atoms with van der Waals surface area (Å²) in [4.78, 5) is 0. The molecule has 0 amide bonds. The number of hydrogen-bond donors (Lipinski definition) is 1. The maximum atomic E-state index is 4.41. The summed E-state index contributed by atoms with van der Waals surface area (Å²) in [5.41, 5.74) is 3.31. The summed E-state index contributed by atoms with van der Waals surface area (Å²) in [6.07, 6.45) is 3.61. The first-order valence-corrected chi connectivity index (χ1v) is 8.58. The zero-order valence-corrected chi connectivity index (χ0v) is 14.5. The minimum absolute atomic E-state index is 0.187. The van der Waals surface area contributed by atoms with E-state index in [0.29, 0.717) is 11.6 Å². The van der Waals surface area contributed by atoms with Gasteiger partial charge < -0.3 is 5.32 Å². The van der Waals surface area contributed by atoms with Gasteiger partial charge in [0.25, 0.3) is 0 Å². The van der Waals surface area contributed by atoms with Gasteiger partial charge in [0, 0.05) is 0 Å². The van der Waals surface area contributed by atoms with Crippen LogP contribution in [0.25, 0.3) is 5.65 Å². The molecule has 1 aromatic carbocycles. The Kier molecular flexibility index (Phi) is 5.03. The van der Waals surface area contributed by atoms with Crippen LogP contribution in [0, 0.1) is 5.92 Å². The van der Waals surface area contributed by atoms with E-state index in [0.717, 1.165) is 12.2 Å². The van der Waals surface area contributed by atoms with E-state index in [1.165, 1.54) is 28.6 Å². The Labute approximate surface area is 142 Å². The molecule has 3 rings (SSSR count). The van der Waals surface area contributed by atoms with Gasteiger partial charge in [-0.3, -0.25) is 0 Å². The highest BCUT2D eigenvalue weighted by Crippen LogP contribution is 2.26. The number of aromatic nitrogens is 5. The minimum atomic E-state index is 0.187. The highest BCUT2D eigenvalue weighted by Gasteiger charge is 2.16. The lowest BCUT2D eigenvalue weighted by molar-refractivity contribution is 0.542. The average Bonchev–Trinajstić information content (AvgIpc) is 3.06. The predicted octanol–water partition coefficient (Wildman–Crippen LogP) is 3.67. The quantitative estimate of drug-likeness (QED) is 0.718. The molecule has 6 heteroatoms. The molecule has 0 saturated carbocycles. The number of unbranched alkanes of at least 4 members (excludes halogenated alkanes) is 1. The Morgan fingerprint density at radius 1 is 1.08 bits per heavy atom. The van der Waals surface area contributed by atoms with E-state index in [-0.39, 0.29) is 6.04 Å². The molecule has 2 aromatic heterocycles. The van der Waals surface area contributed by atoms with E-state index in [9.17, 15) is 0 Å². The van der Waals surface area contributed by atoms with Crippen molar-refractivity contribution in [3.8, 4) is 0 Å². The van der Waals surface area contributed by atoms with Crippen LogP contribution in [0.3, 0.4) is 0 Å². The predicted molar refractivity (Wildman–Crippen MR) is 94.8 cm³/mol. The summed E-state index contributed by atoms with van der Waals surface area (Å²) < 4.78 is 1.44. The molecule has 24 heavy (non-hydrogen) atoms. The fourth-order valence-electron chi connectivity index (χ4n) is 2.79. The molecule has 0 bridgehead atoms. The molecular weight excluding hydrogens is 300 g/mol. The number of anilines is 1. The summed E-state index contributed by atoms with van der Waals surface area (Å²) in [6, 6.07) is 12.9. The van der Waals surface area contributed by atoms with Crippen LogP contribution in [0.1, 0.15) is 50.8 Å². The smallest absolute Gasteiger partial charge is 0.200 e. The van der Waals surface area contributed by atoms with E-state index in [4.69, 9.17) is 0 Å². The molecule has 0 spiro atoms. The SMILES string of the molecule is CCCCc1ccc([C@H](Nc2ccc3nnnn3n2)C(C)C)cc1. The van der Waals surface area contributed by atoms with Gasteiger partial charge in [-0.15, -0.1) is 14.8 Å². The fraction of sp³-hybridized carbons (Fsp3) is 0.444. The summed E-state index contributed by atoms with van der Waals surface area (Å²) in [7, 11) is 0. The highest BCUT2D eigenvalue weighted by atomic mass is 15.6. The molecule has 2 heterocycles. The molecule has 0 aliphatic rings. The summed E-state index contributed by atoms with van der Waals surface area (Å²) >= 11 is 0. The number of hydrogen-bond acceptors (Lipinski definition) is 5. The van der Waals surface area contributed by atoms with Crippen molar-refractivity contribution in [1.29, 1.82) is 0 Å². The second-order valence-corrected chi connectivity index (χ2v) is 6.46. The lowest BCUT2D eigenvalue weighted by Gasteiger charge is -2.23. The number of tetrazole rings is 1. The summed E-state index contributed by atoms with van der Waals surface area (Å²) in [5.74, 6) is 1.20. The molecule has 0 saturated heterocycles. The van der Waals surface area contributed by atoms with Crippen molar-refractivity contribution in [1.82, 2.24) is 25.3 Å². The lowest BCUT2D eigenvalue weighted by atomic mass is 9.94. The standard InChI is InChI=1S/C18H24N6/c1-4-5-6-14-7-9-15(10-8-14)18(13(2)3)19-16-11-12-17-20-22-23-24(17)21-16/h7-13,18H,4-6H2,1-3H3,(H,19,21)/t18-/m1/s1. The molecule has 3 aromatic rings. The first kappa shape index (κ1) is 16.4. The second kappa shape index (κ2) is 7.38. The molecule has 1 atom stereocenters. The number of nitrogens with one attached hydrogen (secondary N) is 1. The van der Waals surface area contributed by atoms with Gasteiger partial charge in [-0.05, 0) is 52.4 Å². The molecule has 0 unspecified atom stereocenters. The zero-order chi connectivity index (χ0) is 16.9. The van der Waals surface area contributed by atoms with Crippen LogP contribution < -0.4 is 5.32 Å². The van der Waals surface area contributed by atoms with E-state index in [2.05, 4.69) is 71.0 Å². The van der Waals surface area contributed by atoms with Crippen LogP contribution in [-0.2, 0) is 6.42 Å². The van der Waals surface area contributed by atoms with E-state index in [1.807, 2.05) is 12.1 Å². The van der Waals surface area contributed by atoms with Crippen LogP contribution in [0.4, 0.5) is 5.82 Å². The second-order valence-electron chi connectivity index (χ2n) is 6.46. The third kappa shape index (κ3) is 3.69. The Hall–Kier alpha value is -2.50. The highest BCUT2D eigenvalue weighted by molar-refractivity contribution is 5.44. The van der Waals surface area contributed by atoms with Crippen molar-refractivity contribution in [3.63, 3.8) is 0 Å². The maximum Gasteiger partial charge on any atom is 0.200 e. The van der Waals surface area contributed by atoms with Crippen LogP contribution in [0.5, 0.6) is 0 Å². The van der Waals surface area contributed by atoms with E-state index in [1.54, 1.807) is 0 Å². The van der Waals surface area contributed by atoms with Gasteiger partial charge in [-0.25, -0.2) is 0 Å². The van der Waals surface area contributed by atoms with Gasteiger partial charge >= 0.3 is 0 Å². The third-order valence-corrected chi connectivity index (χ3v) is 4.20. The molecule has 126 valence electrons. The molecule has 0 fully saturated rings. The number of fused-ring (bicyclic) bond motifs is 1. The number of benzene rings is 1. The zero-order valence-electron chi connectivity index (χ0n) is 14.5. The Morgan fingerprint density at radius 2 is 1.88 bits per heavy atom. The summed E-state index contributed by atoms with van der Waals surface area (Å²) in [6.45, 7) is 6.64. The van der Waals surface area contributed by atoms with Crippen LogP contribution in [-0.4, -0.2) is 25.3 Å². The van der Waals surface area contributed by atoms with Gasteiger partial charge in [0.15, 0.2) is 5.65 Å². The van der Waals surface area contributed by atoms with Gasteiger partial charge in [-0.1, -0.05) is 51.5 Å². The minimum Gasteiger partial charge on any atom is -0.362 e. The molecule has 0 aliphatic heterocycles. The van der Waals surface area contributed by atoms with Gasteiger partial charge in [-0.2, -0.15) is 0 Å². The Balaban J connectivity index is 1.78. The molecule has 0 aliphatic carbocycles. The van der Waals surface area contributed by atoms with Crippen LogP contribution >= 0.6 is 0 Å². The van der Waals surface area contributed by atoms with Crippen molar-refractivity contribution in [2.75, 3.05) is 5.32 Å². The molecule has 0 radical (unpaired) electrons. The van der Waals surface area contributed by atoms with E-state index >= 15 is 0 Å². The van der Waals surface area contributed by atoms with Gasteiger partial charge in [0.05, 0.1) is 6.04 Å². The normalized spacial score (nSPS) is 12.7. The first-order chi connectivity index (χ1) is 11.7. The molecular formula is C18H24N6.